The molecule has 0 radical (unpaired) electrons. The highest BCUT2D eigenvalue weighted by atomic mass is 16.5. The highest BCUT2D eigenvalue weighted by molar-refractivity contribution is 5.97. The van der Waals surface area contributed by atoms with Gasteiger partial charge in [-0.25, -0.2) is 4.68 Å². The summed E-state index contributed by atoms with van der Waals surface area (Å²) < 4.78 is 6.89. The van der Waals surface area contributed by atoms with Gasteiger partial charge in [0.25, 0.3) is 0 Å². The molecule has 0 saturated heterocycles. The minimum Gasteiger partial charge on any atom is -0.370 e. The van der Waals surface area contributed by atoms with E-state index < -0.39 is 6.10 Å². The smallest absolute Gasteiger partial charge is 0.211 e. The van der Waals surface area contributed by atoms with Crippen LogP contribution in [-0.4, -0.2) is 33.5 Å². The Hall–Kier alpha value is -1.23. The zero-order valence-corrected chi connectivity index (χ0v) is 9.60. The second-order valence-electron chi connectivity index (χ2n) is 3.73. The molecule has 1 aromatic heterocycles. The molecule has 84 valence electrons. The number of ether oxygens (including phenoxy) is 1. The maximum atomic E-state index is 12.0. The van der Waals surface area contributed by atoms with Gasteiger partial charge >= 0.3 is 0 Å². The zero-order chi connectivity index (χ0) is 11.4. The summed E-state index contributed by atoms with van der Waals surface area (Å²) in [5, 5.41) is 7.41. The Balaban J connectivity index is 2.86. The number of ketones is 1. The first kappa shape index (κ1) is 11.8. The van der Waals surface area contributed by atoms with Gasteiger partial charge in [0.2, 0.25) is 5.78 Å². The van der Waals surface area contributed by atoms with Crippen molar-refractivity contribution in [2.45, 2.75) is 26.9 Å². The Morgan fingerprint density at radius 3 is 2.67 bits per heavy atom. The van der Waals surface area contributed by atoms with Gasteiger partial charge < -0.3 is 4.74 Å². The van der Waals surface area contributed by atoms with E-state index in [2.05, 4.69) is 10.3 Å². The largest absolute Gasteiger partial charge is 0.370 e. The van der Waals surface area contributed by atoms with E-state index in [0.29, 0.717) is 12.3 Å². The molecule has 1 aromatic rings. The second-order valence-corrected chi connectivity index (χ2v) is 3.73. The van der Waals surface area contributed by atoms with Crippen molar-refractivity contribution in [2.24, 2.45) is 13.0 Å². The maximum Gasteiger partial charge on any atom is 0.211 e. The van der Waals surface area contributed by atoms with Crippen LogP contribution in [0.1, 0.15) is 31.3 Å². The Bertz CT molecular complexity index is 333. The van der Waals surface area contributed by atoms with Crippen LogP contribution in [0.2, 0.25) is 0 Å². The lowest BCUT2D eigenvalue weighted by atomic mass is 10.0. The van der Waals surface area contributed by atoms with Crippen LogP contribution in [-0.2, 0) is 11.8 Å². The number of nitrogens with zero attached hydrogens (tertiary/aromatic N) is 3. The molecule has 0 amide bonds. The topological polar surface area (TPSA) is 57.0 Å². The van der Waals surface area contributed by atoms with E-state index in [1.807, 2.05) is 20.8 Å². The van der Waals surface area contributed by atoms with E-state index in [0.717, 1.165) is 0 Å². The van der Waals surface area contributed by atoms with Crippen molar-refractivity contribution in [3.8, 4) is 0 Å². The van der Waals surface area contributed by atoms with Gasteiger partial charge in [0, 0.05) is 13.7 Å². The summed E-state index contributed by atoms with van der Waals surface area (Å²) in [6, 6.07) is 0. The van der Waals surface area contributed by atoms with Crippen molar-refractivity contribution >= 4 is 5.78 Å². The van der Waals surface area contributed by atoms with Crippen LogP contribution < -0.4 is 0 Å². The predicted molar refractivity (Wildman–Crippen MR) is 55.6 cm³/mol. The molecule has 0 aliphatic carbocycles. The fraction of sp³-hybridized carbons (Fsp3) is 0.700. The van der Waals surface area contributed by atoms with E-state index >= 15 is 0 Å². The van der Waals surface area contributed by atoms with Crippen LogP contribution in [0.4, 0.5) is 0 Å². The molecule has 5 nitrogen and oxygen atoms in total. The highest BCUT2D eigenvalue weighted by Gasteiger charge is 2.26. The molecule has 0 bridgehead atoms. The minimum atomic E-state index is -0.410. The van der Waals surface area contributed by atoms with Crippen molar-refractivity contribution in [1.29, 1.82) is 0 Å². The molecule has 0 fully saturated rings. The van der Waals surface area contributed by atoms with Gasteiger partial charge in [-0.3, -0.25) is 4.79 Å². The standard InChI is InChI=1S/C10H17N3O2/c1-5-15-10(7(2)3)9(14)8-6-11-12-13(8)4/h6-7,10H,5H2,1-4H3. The molecule has 1 unspecified atom stereocenters. The average Bonchev–Trinajstić information content (AvgIpc) is 2.59. The molecular weight excluding hydrogens is 194 g/mol. The molecule has 5 heteroatoms. The Morgan fingerprint density at radius 1 is 1.60 bits per heavy atom. The molecule has 1 rings (SSSR count). The van der Waals surface area contributed by atoms with Crippen LogP contribution in [0, 0.1) is 5.92 Å². The molecule has 0 N–H and O–H groups in total. The first-order valence-electron chi connectivity index (χ1n) is 5.08. The Labute approximate surface area is 89.4 Å². The predicted octanol–water partition coefficient (Wildman–Crippen LogP) is 1.06. The number of hydrogen-bond donors (Lipinski definition) is 0. The van der Waals surface area contributed by atoms with Gasteiger partial charge in [-0.05, 0) is 12.8 Å². The number of hydrogen-bond acceptors (Lipinski definition) is 4. The second kappa shape index (κ2) is 5.02. The third-order valence-corrected chi connectivity index (χ3v) is 2.18. The molecule has 1 heterocycles. The van der Waals surface area contributed by atoms with Crippen molar-refractivity contribution < 1.29 is 9.53 Å². The summed E-state index contributed by atoms with van der Waals surface area (Å²) in [6.45, 7) is 6.33. The lowest BCUT2D eigenvalue weighted by molar-refractivity contribution is 0.0272. The maximum absolute atomic E-state index is 12.0. The molecule has 0 spiro atoms. The summed E-state index contributed by atoms with van der Waals surface area (Å²) in [6.07, 6.45) is 1.06. The van der Waals surface area contributed by atoms with Crippen LogP contribution in [0.25, 0.3) is 0 Å². The van der Waals surface area contributed by atoms with Gasteiger partial charge in [0.15, 0.2) is 0 Å². The first-order valence-corrected chi connectivity index (χ1v) is 5.08. The SMILES string of the molecule is CCOC(C(=O)c1cnnn1C)C(C)C. The number of carbonyl (C=O) groups excluding carboxylic acids is 1. The molecule has 0 aromatic carbocycles. The zero-order valence-electron chi connectivity index (χ0n) is 9.60. The molecule has 0 aliphatic heterocycles. The summed E-state index contributed by atoms with van der Waals surface area (Å²) in [7, 11) is 1.70. The fourth-order valence-electron chi connectivity index (χ4n) is 1.41. The van der Waals surface area contributed by atoms with Gasteiger partial charge in [0.05, 0.1) is 6.20 Å². The normalized spacial score (nSPS) is 13.1. The summed E-state index contributed by atoms with van der Waals surface area (Å²) >= 11 is 0. The van der Waals surface area contributed by atoms with E-state index in [9.17, 15) is 4.79 Å². The number of Topliss-reactive ketones (excluding diaryl/α,β-unsaturated/α-hetero) is 1. The van der Waals surface area contributed by atoms with Crippen LogP contribution in [0.3, 0.4) is 0 Å². The molecule has 0 aliphatic rings. The van der Waals surface area contributed by atoms with Crippen LogP contribution >= 0.6 is 0 Å². The van der Waals surface area contributed by atoms with Crippen LogP contribution in [0.5, 0.6) is 0 Å². The summed E-state index contributed by atoms with van der Waals surface area (Å²) in [5.74, 6) is 0.0895. The van der Waals surface area contributed by atoms with Gasteiger partial charge in [-0.2, -0.15) is 0 Å². The fourth-order valence-corrected chi connectivity index (χ4v) is 1.41. The van der Waals surface area contributed by atoms with Crippen LogP contribution in [0.15, 0.2) is 6.20 Å². The van der Waals surface area contributed by atoms with E-state index in [-0.39, 0.29) is 11.7 Å². The number of rotatable bonds is 5. The lowest BCUT2D eigenvalue weighted by Gasteiger charge is -2.18. The monoisotopic (exact) mass is 211 g/mol. The quantitative estimate of drug-likeness (QED) is 0.683. The number of carbonyl (C=O) groups is 1. The van der Waals surface area contributed by atoms with Gasteiger partial charge in [-0.1, -0.05) is 19.1 Å². The minimum absolute atomic E-state index is 0.0562. The Kier molecular flexibility index (Phi) is 3.96. The average molecular weight is 211 g/mol. The third-order valence-electron chi connectivity index (χ3n) is 2.18. The number of aromatic nitrogens is 3. The van der Waals surface area contributed by atoms with Crippen molar-refractivity contribution in [2.75, 3.05) is 6.61 Å². The molecule has 1 atom stereocenters. The molecular formula is C10H17N3O2. The summed E-state index contributed by atoms with van der Waals surface area (Å²) in [5.41, 5.74) is 0.488. The Morgan fingerprint density at radius 2 is 2.27 bits per heavy atom. The number of aryl methyl sites for hydroxylation is 1. The van der Waals surface area contributed by atoms with E-state index in [4.69, 9.17) is 4.74 Å². The van der Waals surface area contributed by atoms with E-state index in [1.54, 1.807) is 7.05 Å². The lowest BCUT2D eigenvalue weighted by Crippen LogP contribution is -2.31. The summed E-state index contributed by atoms with van der Waals surface area (Å²) in [4.78, 5) is 12.0. The molecule has 15 heavy (non-hydrogen) atoms. The highest BCUT2D eigenvalue weighted by Crippen LogP contribution is 2.12. The van der Waals surface area contributed by atoms with Crippen molar-refractivity contribution in [1.82, 2.24) is 15.0 Å². The van der Waals surface area contributed by atoms with Gasteiger partial charge in [-0.15, -0.1) is 5.10 Å². The van der Waals surface area contributed by atoms with Gasteiger partial charge in [0.1, 0.15) is 11.8 Å². The third kappa shape index (κ3) is 2.62. The molecule has 0 saturated carbocycles. The van der Waals surface area contributed by atoms with Crippen molar-refractivity contribution in [3.63, 3.8) is 0 Å². The van der Waals surface area contributed by atoms with Crippen molar-refractivity contribution in [3.05, 3.63) is 11.9 Å². The first-order chi connectivity index (χ1) is 7.07. The van der Waals surface area contributed by atoms with E-state index in [1.165, 1.54) is 10.9 Å².